The molecule has 1 aromatic carbocycles. The van der Waals surface area contributed by atoms with Gasteiger partial charge in [-0.1, -0.05) is 15.9 Å². The molecule has 1 unspecified atom stereocenters. The van der Waals surface area contributed by atoms with Crippen LogP contribution in [0.15, 0.2) is 34.8 Å². The number of nitrogens with two attached hydrogens (primary N) is 1. The van der Waals surface area contributed by atoms with Crippen molar-refractivity contribution in [2.24, 2.45) is 11.7 Å². The predicted octanol–water partition coefficient (Wildman–Crippen LogP) is 4.60. The van der Waals surface area contributed by atoms with Crippen molar-refractivity contribution in [1.29, 1.82) is 0 Å². The highest BCUT2D eigenvalue weighted by atomic mass is 79.9. The lowest BCUT2D eigenvalue weighted by Gasteiger charge is -2.07. The molecule has 0 bridgehead atoms. The van der Waals surface area contributed by atoms with Crippen molar-refractivity contribution in [2.45, 2.75) is 18.9 Å². The summed E-state index contributed by atoms with van der Waals surface area (Å²) in [7, 11) is 1.69. The lowest BCUT2D eigenvalue weighted by Crippen LogP contribution is -2.10. The third-order valence-electron chi connectivity index (χ3n) is 3.52. The number of ether oxygens (including phenoxy) is 1. The van der Waals surface area contributed by atoms with Gasteiger partial charge in [-0.15, -0.1) is 11.3 Å². The first-order valence-electron chi connectivity index (χ1n) is 6.38. The molecule has 1 aliphatic rings. The van der Waals surface area contributed by atoms with Crippen LogP contribution in [0.2, 0.25) is 0 Å². The van der Waals surface area contributed by atoms with E-state index in [1.165, 1.54) is 28.2 Å². The number of hydrogen-bond acceptors (Lipinski definition) is 3. The van der Waals surface area contributed by atoms with Crippen LogP contribution in [0.3, 0.4) is 0 Å². The van der Waals surface area contributed by atoms with E-state index in [0.29, 0.717) is 5.92 Å². The maximum absolute atomic E-state index is 6.26. The first kappa shape index (κ1) is 13.2. The summed E-state index contributed by atoms with van der Waals surface area (Å²) in [5.74, 6) is 1.57. The number of rotatable bonds is 4. The quantitative estimate of drug-likeness (QED) is 0.884. The fourth-order valence-corrected chi connectivity index (χ4v) is 3.91. The van der Waals surface area contributed by atoms with E-state index >= 15 is 0 Å². The van der Waals surface area contributed by atoms with Crippen molar-refractivity contribution < 1.29 is 4.74 Å². The van der Waals surface area contributed by atoms with Gasteiger partial charge in [-0.05, 0) is 49.1 Å². The molecular formula is C15H16BrNOS. The van der Waals surface area contributed by atoms with Crippen molar-refractivity contribution in [3.63, 3.8) is 0 Å². The van der Waals surface area contributed by atoms with Crippen LogP contribution in [-0.2, 0) is 0 Å². The zero-order valence-corrected chi connectivity index (χ0v) is 13.1. The average molecular weight is 338 g/mol. The number of benzene rings is 1. The molecule has 2 N–H and O–H groups in total. The lowest BCUT2D eigenvalue weighted by atomic mass is 10.1. The topological polar surface area (TPSA) is 35.2 Å². The Morgan fingerprint density at radius 2 is 2.11 bits per heavy atom. The number of hydrogen-bond donors (Lipinski definition) is 1. The molecule has 0 spiro atoms. The van der Waals surface area contributed by atoms with Gasteiger partial charge in [0.1, 0.15) is 5.75 Å². The average Bonchev–Trinajstić information content (AvgIpc) is 3.16. The van der Waals surface area contributed by atoms with Crippen molar-refractivity contribution in [3.05, 3.63) is 39.7 Å². The predicted molar refractivity (Wildman–Crippen MR) is 83.7 cm³/mol. The van der Waals surface area contributed by atoms with Crippen LogP contribution in [0.4, 0.5) is 0 Å². The Hall–Kier alpha value is -0.840. The minimum atomic E-state index is 0.211. The van der Waals surface area contributed by atoms with Gasteiger partial charge in [-0.3, -0.25) is 0 Å². The van der Waals surface area contributed by atoms with Gasteiger partial charge in [-0.25, -0.2) is 0 Å². The van der Waals surface area contributed by atoms with E-state index in [4.69, 9.17) is 10.5 Å². The molecule has 3 rings (SSSR count). The van der Waals surface area contributed by atoms with Crippen LogP contribution in [0.5, 0.6) is 5.75 Å². The van der Waals surface area contributed by atoms with Gasteiger partial charge in [0, 0.05) is 25.8 Å². The molecule has 2 aromatic rings. The smallest absolute Gasteiger partial charge is 0.119 e. The van der Waals surface area contributed by atoms with Crippen LogP contribution in [0.25, 0.3) is 10.4 Å². The van der Waals surface area contributed by atoms with Crippen molar-refractivity contribution in [1.82, 2.24) is 0 Å². The van der Waals surface area contributed by atoms with Gasteiger partial charge in [0.15, 0.2) is 0 Å². The number of halogens is 1. The molecule has 0 amide bonds. The van der Waals surface area contributed by atoms with Crippen LogP contribution in [0, 0.1) is 5.92 Å². The van der Waals surface area contributed by atoms with E-state index in [1.54, 1.807) is 18.4 Å². The molecule has 2 nitrogen and oxygen atoms in total. The summed E-state index contributed by atoms with van der Waals surface area (Å²) < 4.78 is 6.38. The second-order valence-corrected chi connectivity index (χ2v) is 6.88. The van der Waals surface area contributed by atoms with Crippen LogP contribution >= 0.6 is 27.3 Å². The van der Waals surface area contributed by atoms with E-state index in [-0.39, 0.29) is 6.04 Å². The Morgan fingerprint density at radius 3 is 2.79 bits per heavy atom. The Balaban J connectivity index is 1.93. The number of thiophene rings is 1. The first-order valence-corrected chi connectivity index (χ1v) is 7.99. The Bertz CT molecular complexity index is 592. The largest absolute Gasteiger partial charge is 0.497 e. The molecule has 1 atom stereocenters. The van der Waals surface area contributed by atoms with Gasteiger partial charge < -0.3 is 10.5 Å². The van der Waals surface area contributed by atoms with Crippen molar-refractivity contribution >= 4 is 27.3 Å². The second kappa shape index (κ2) is 5.27. The Morgan fingerprint density at radius 1 is 1.32 bits per heavy atom. The summed E-state index contributed by atoms with van der Waals surface area (Å²) in [6, 6.07) is 10.6. The van der Waals surface area contributed by atoms with Gasteiger partial charge in [-0.2, -0.15) is 0 Å². The zero-order valence-electron chi connectivity index (χ0n) is 10.7. The molecule has 1 fully saturated rings. The fraction of sp³-hybridized carbons (Fsp3) is 0.333. The summed E-state index contributed by atoms with van der Waals surface area (Å²) in [5, 5.41) is 0. The molecule has 100 valence electrons. The van der Waals surface area contributed by atoms with Crippen molar-refractivity contribution in [3.8, 4) is 16.2 Å². The lowest BCUT2D eigenvalue weighted by molar-refractivity contribution is 0.415. The maximum atomic E-state index is 6.26. The zero-order chi connectivity index (χ0) is 13.4. The van der Waals surface area contributed by atoms with E-state index in [9.17, 15) is 0 Å². The third kappa shape index (κ3) is 2.71. The molecule has 19 heavy (non-hydrogen) atoms. The SMILES string of the molecule is COc1ccc(Br)c(-c2ccc(C(N)C3CC3)s2)c1. The summed E-state index contributed by atoms with van der Waals surface area (Å²) in [6.45, 7) is 0. The summed E-state index contributed by atoms with van der Waals surface area (Å²) >= 11 is 5.39. The second-order valence-electron chi connectivity index (χ2n) is 4.91. The molecule has 4 heteroatoms. The molecule has 0 radical (unpaired) electrons. The van der Waals surface area contributed by atoms with Gasteiger partial charge in [0.25, 0.3) is 0 Å². The van der Waals surface area contributed by atoms with Crippen LogP contribution in [-0.4, -0.2) is 7.11 Å². The molecular weight excluding hydrogens is 322 g/mol. The normalized spacial score (nSPS) is 16.4. The summed E-state index contributed by atoms with van der Waals surface area (Å²) in [6.07, 6.45) is 2.55. The third-order valence-corrected chi connectivity index (χ3v) is 5.44. The Kier molecular flexibility index (Phi) is 3.65. The molecule has 1 saturated carbocycles. The van der Waals surface area contributed by atoms with Crippen LogP contribution < -0.4 is 10.5 Å². The molecule has 1 aromatic heterocycles. The van der Waals surface area contributed by atoms with E-state index < -0.39 is 0 Å². The molecule has 1 heterocycles. The van der Waals surface area contributed by atoms with E-state index in [1.807, 2.05) is 12.1 Å². The van der Waals surface area contributed by atoms with Gasteiger partial charge >= 0.3 is 0 Å². The van der Waals surface area contributed by atoms with E-state index in [0.717, 1.165) is 10.2 Å². The summed E-state index contributed by atoms with van der Waals surface area (Å²) in [5.41, 5.74) is 7.43. The minimum absolute atomic E-state index is 0.211. The number of methoxy groups -OCH3 is 1. The van der Waals surface area contributed by atoms with E-state index in [2.05, 4.69) is 34.1 Å². The van der Waals surface area contributed by atoms with Crippen molar-refractivity contribution in [2.75, 3.05) is 7.11 Å². The highest BCUT2D eigenvalue weighted by Crippen LogP contribution is 2.44. The molecule has 1 aliphatic carbocycles. The van der Waals surface area contributed by atoms with Gasteiger partial charge in [0.05, 0.1) is 7.11 Å². The van der Waals surface area contributed by atoms with Crippen LogP contribution in [0.1, 0.15) is 23.8 Å². The van der Waals surface area contributed by atoms with Gasteiger partial charge in [0.2, 0.25) is 0 Å². The highest BCUT2D eigenvalue weighted by Gasteiger charge is 2.30. The molecule has 0 aliphatic heterocycles. The highest BCUT2D eigenvalue weighted by molar-refractivity contribution is 9.10. The Labute approximate surface area is 125 Å². The maximum Gasteiger partial charge on any atom is 0.119 e. The monoisotopic (exact) mass is 337 g/mol. The first-order chi connectivity index (χ1) is 9.19. The summed E-state index contributed by atoms with van der Waals surface area (Å²) in [4.78, 5) is 2.52. The minimum Gasteiger partial charge on any atom is -0.497 e. The molecule has 0 saturated heterocycles. The fourth-order valence-electron chi connectivity index (χ4n) is 2.18. The standard InChI is InChI=1S/C15H16BrNOS/c1-18-10-4-5-12(16)11(8-10)13-6-7-14(19-13)15(17)9-2-3-9/h4-9,15H,2-3,17H2,1H3.